The van der Waals surface area contributed by atoms with Gasteiger partial charge in [-0.2, -0.15) is 0 Å². The maximum Gasteiger partial charge on any atom is 0.257 e. The summed E-state index contributed by atoms with van der Waals surface area (Å²) in [7, 11) is 0. The van der Waals surface area contributed by atoms with Crippen molar-refractivity contribution < 1.29 is 13.6 Å². The Morgan fingerprint density at radius 3 is 2.39 bits per heavy atom. The van der Waals surface area contributed by atoms with E-state index in [0.717, 1.165) is 12.1 Å². The van der Waals surface area contributed by atoms with Gasteiger partial charge in [-0.1, -0.05) is 27.4 Å². The number of carbonyl (C=O) groups excluding carboxylic acids is 1. The Labute approximate surface area is 106 Å². The van der Waals surface area contributed by atoms with Gasteiger partial charge in [0, 0.05) is 12.1 Å². The molecule has 0 aliphatic carbocycles. The van der Waals surface area contributed by atoms with Crippen molar-refractivity contribution in [3.63, 3.8) is 0 Å². The van der Waals surface area contributed by atoms with Crippen LogP contribution in [0.4, 0.5) is 8.78 Å². The standard InChI is InChI=1S/C14H17F2NO/c1-5-17(9-14(2,3)4)13(18)10-6-7-11(15)12(16)8-10/h5-8H,1,9H2,2-4H3. The van der Waals surface area contributed by atoms with Gasteiger partial charge in [-0.25, -0.2) is 8.78 Å². The topological polar surface area (TPSA) is 20.3 Å². The molecule has 18 heavy (non-hydrogen) atoms. The van der Waals surface area contributed by atoms with Crippen molar-refractivity contribution in [3.8, 4) is 0 Å². The van der Waals surface area contributed by atoms with Crippen molar-refractivity contribution in [3.05, 3.63) is 48.2 Å². The molecule has 4 heteroatoms. The summed E-state index contributed by atoms with van der Waals surface area (Å²) in [4.78, 5) is 13.5. The highest BCUT2D eigenvalue weighted by Gasteiger charge is 2.20. The van der Waals surface area contributed by atoms with Gasteiger partial charge in [-0.3, -0.25) is 4.79 Å². The van der Waals surface area contributed by atoms with E-state index in [1.165, 1.54) is 17.2 Å². The maximum atomic E-state index is 13.1. The highest BCUT2D eigenvalue weighted by atomic mass is 19.2. The predicted octanol–water partition coefficient (Wildman–Crippen LogP) is 3.60. The normalized spacial score (nSPS) is 11.2. The fraction of sp³-hybridized carbons (Fsp3) is 0.357. The van der Waals surface area contributed by atoms with Gasteiger partial charge in [0.15, 0.2) is 11.6 Å². The minimum atomic E-state index is -1.03. The summed E-state index contributed by atoms with van der Waals surface area (Å²) in [6.45, 7) is 9.94. The fourth-order valence-corrected chi connectivity index (χ4v) is 1.53. The number of hydrogen-bond donors (Lipinski definition) is 0. The van der Waals surface area contributed by atoms with Crippen molar-refractivity contribution in [1.29, 1.82) is 0 Å². The van der Waals surface area contributed by atoms with Crippen LogP contribution in [0.5, 0.6) is 0 Å². The van der Waals surface area contributed by atoms with Gasteiger partial charge in [0.25, 0.3) is 5.91 Å². The maximum absolute atomic E-state index is 13.1. The second-order valence-electron chi connectivity index (χ2n) is 5.31. The van der Waals surface area contributed by atoms with E-state index in [1.54, 1.807) is 0 Å². The molecule has 0 aromatic heterocycles. The first-order valence-electron chi connectivity index (χ1n) is 5.63. The number of amides is 1. The molecule has 1 amide bonds. The summed E-state index contributed by atoms with van der Waals surface area (Å²) in [5.41, 5.74) is 0.000600. The van der Waals surface area contributed by atoms with E-state index in [9.17, 15) is 13.6 Å². The molecular weight excluding hydrogens is 236 g/mol. The molecule has 98 valence electrons. The second-order valence-corrected chi connectivity index (χ2v) is 5.31. The summed E-state index contributed by atoms with van der Waals surface area (Å²) in [5, 5.41) is 0. The first-order valence-corrected chi connectivity index (χ1v) is 5.63. The monoisotopic (exact) mass is 253 g/mol. The fourth-order valence-electron chi connectivity index (χ4n) is 1.53. The Morgan fingerprint density at radius 1 is 1.33 bits per heavy atom. The SMILES string of the molecule is C=CN(CC(C)(C)C)C(=O)c1ccc(F)c(F)c1. The Morgan fingerprint density at radius 2 is 1.94 bits per heavy atom. The minimum absolute atomic E-state index is 0.109. The first kappa shape index (κ1) is 14.4. The lowest BCUT2D eigenvalue weighted by atomic mass is 9.96. The van der Waals surface area contributed by atoms with Gasteiger partial charge in [-0.15, -0.1) is 0 Å². The zero-order valence-electron chi connectivity index (χ0n) is 10.8. The van der Waals surface area contributed by atoms with Crippen molar-refractivity contribution in [2.75, 3.05) is 6.54 Å². The Kier molecular flexibility index (Phi) is 4.22. The van der Waals surface area contributed by atoms with Crippen LogP contribution in [0.1, 0.15) is 31.1 Å². The summed E-state index contributed by atoms with van der Waals surface area (Å²) in [6.07, 6.45) is 1.40. The number of carbonyl (C=O) groups is 1. The van der Waals surface area contributed by atoms with Crippen molar-refractivity contribution >= 4 is 5.91 Å². The molecule has 0 radical (unpaired) electrons. The predicted molar refractivity (Wildman–Crippen MR) is 67.0 cm³/mol. The smallest absolute Gasteiger partial charge is 0.257 e. The quantitative estimate of drug-likeness (QED) is 0.806. The molecule has 0 unspecified atom stereocenters. The first-order chi connectivity index (χ1) is 8.24. The average Bonchev–Trinajstić information content (AvgIpc) is 2.27. The molecule has 0 aliphatic heterocycles. The van der Waals surface area contributed by atoms with Crippen LogP contribution in [0.15, 0.2) is 31.0 Å². The molecule has 1 rings (SSSR count). The van der Waals surface area contributed by atoms with Crippen LogP contribution in [0, 0.1) is 17.0 Å². The second kappa shape index (κ2) is 5.29. The summed E-state index contributed by atoms with van der Waals surface area (Å²) in [5.74, 6) is -2.38. The molecule has 2 nitrogen and oxygen atoms in total. The van der Waals surface area contributed by atoms with E-state index in [2.05, 4.69) is 6.58 Å². The number of rotatable bonds is 3. The third-order valence-electron chi connectivity index (χ3n) is 2.29. The van der Waals surface area contributed by atoms with Gasteiger partial charge in [0.1, 0.15) is 0 Å². The molecule has 0 saturated heterocycles. The van der Waals surface area contributed by atoms with Crippen molar-refractivity contribution in [1.82, 2.24) is 4.90 Å². The number of benzene rings is 1. The molecule has 1 aromatic carbocycles. The molecule has 0 fully saturated rings. The third-order valence-corrected chi connectivity index (χ3v) is 2.29. The zero-order chi connectivity index (χ0) is 13.9. The summed E-state index contributed by atoms with van der Waals surface area (Å²) < 4.78 is 25.9. The van der Waals surface area contributed by atoms with Gasteiger partial charge in [0.05, 0.1) is 0 Å². The highest BCUT2D eigenvalue weighted by molar-refractivity contribution is 5.94. The van der Waals surface area contributed by atoms with E-state index in [1.807, 2.05) is 20.8 Å². The van der Waals surface area contributed by atoms with Crippen LogP contribution in [0.2, 0.25) is 0 Å². The van der Waals surface area contributed by atoms with Gasteiger partial charge in [-0.05, 0) is 29.8 Å². The van der Waals surface area contributed by atoms with Crippen molar-refractivity contribution in [2.45, 2.75) is 20.8 Å². The zero-order valence-corrected chi connectivity index (χ0v) is 10.8. The van der Waals surface area contributed by atoms with E-state index >= 15 is 0 Å². The van der Waals surface area contributed by atoms with E-state index in [0.29, 0.717) is 6.54 Å². The summed E-state index contributed by atoms with van der Waals surface area (Å²) >= 11 is 0. The van der Waals surface area contributed by atoms with Gasteiger partial charge in [0.2, 0.25) is 0 Å². The van der Waals surface area contributed by atoms with Crippen LogP contribution in [0.25, 0.3) is 0 Å². The van der Waals surface area contributed by atoms with E-state index in [4.69, 9.17) is 0 Å². The minimum Gasteiger partial charge on any atom is -0.315 e. The largest absolute Gasteiger partial charge is 0.315 e. The Bertz CT molecular complexity index is 463. The molecule has 0 saturated carbocycles. The lowest BCUT2D eigenvalue weighted by molar-refractivity contribution is 0.0779. The summed E-state index contributed by atoms with van der Waals surface area (Å²) in [6, 6.07) is 3.11. The molecular formula is C14H17F2NO. The average molecular weight is 253 g/mol. The Balaban J connectivity index is 2.97. The van der Waals surface area contributed by atoms with Gasteiger partial charge < -0.3 is 4.90 Å². The number of hydrogen-bond acceptors (Lipinski definition) is 1. The molecule has 0 N–H and O–H groups in total. The molecule has 0 heterocycles. The third kappa shape index (κ3) is 3.65. The molecule has 0 bridgehead atoms. The van der Waals surface area contributed by atoms with Gasteiger partial charge >= 0.3 is 0 Å². The van der Waals surface area contributed by atoms with E-state index < -0.39 is 11.6 Å². The lowest BCUT2D eigenvalue weighted by Crippen LogP contribution is -2.33. The number of halogens is 2. The number of nitrogens with zero attached hydrogens (tertiary/aromatic N) is 1. The highest BCUT2D eigenvalue weighted by Crippen LogP contribution is 2.18. The van der Waals surface area contributed by atoms with E-state index in [-0.39, 0.29) is 16.9 Å². The van der Waals surface area contributed by atoms with Crippen LogP contribution < -0.4 is 0 Å². The molecule has 1 aromatic rings. The molecule has 0 aliphatic rings. The molecule has 0 spiro atoms. The van der Waals surface area contributed by atoms with Crippen LogP contribution >= 0.6 is 0 Å². The van der Waals surface area contributed by atoms with Crippen LogP contribution in [0.3, 0.4) is 0 Å². The Hall–Kier alpha value is -1.71. The lowest BCUT2D eigenvalue weighted by Gasteiger charge is -2.27. The molecule has 0 atom stereocenters. The van der Waals surface area contributed by atoms with Crippen LogP contribution in [-0.4, -0.2) is 17.4 Å². The van der Waals surface area contributed by atoms with Crippen LogP contribution in [-0.2, 0) is 0 Å². The van der Waals surface area contributed by atoms with Crippen molar-refractivity contribution in [2.24, 2.45) is 5.41 Å².